The molecule has 12 N–H and O–H groups in total. The number of hydrogen-bond donors (Lipinski definition) is 12. The summed E-state index contributed by atoms with van der Waals surface area (Å²) in [5.74, 6) is 0. The molecule has 50 heteroatoms. The Labute approximate surface area is 434 Å². The van der Waals surface area contributed by atoms with Gasteiger partial charge in [0.2, 0.25) is 0 Å². The van der Waals surface area contributed by atoms with E-state index in [-0.39, 0.29) is 21.1 Å². The molecule has 0 fully saturated rings. The molecule has 0 bridgehead atoms. The molecule has 66 heavy (non-hydrogen) atoms. The molecule has 0 saturated carbocycles. The monoisotopic (exact) mass is 2200 g/mol. The van der Waals surface area contributed by atoms with Crippen LogP contribution >= 0.6 is 0 Å². The van der Waals surface area contributed by atoms with E-state index in [1.165, 1.54) is 82.0 Å². The van der Waals surface area contributed by atoms with Gasteiger partial charge in [0.25, 0.3) is 0 Å². The summed E-state index contributed by atoms with van der Waals surface area (Å²) in [7, 11) is -20.3. The predicted octanol–water partition coefficient (Wildman–Crippen LogP) is -13.3. The van der Waals surface area contributed by atoms with Gasteiger partial charge in [-0.25, -0.2) is 0 Å². The zero-order chi connectivity index (χ0) is 55.9. The molecule has 0 rings (SSSR count). The van der Waals surface area contributed by atoms with Crippen molar-refractivity contribution in [2.75, 3.05) is 26.2 Å². The molecule has 0 spiro atoms. The van der Waals surface area contributed by atoms with Crippen molar-refractivity contribution in [1.82, 2.24) is 0 Å². The van der Waals surface area contributed by atoms with Crippen LogP contribution in [-0.2, 0) is 194 Å². The first-order chi connectivity index (χ1) is 29.0. The van der Waals surface area contributed by atoms with Gasteiger partial charge in [0.05, 0.1) is 26.2 Å². The molecule has 0 saturated heterocycles. The minimum atomic E-state index is -4.03. The van der Waals surface area contributed by atoms with Crippen molar-refractivity contribution in [2.24, 2.45) is 0 Å². The molecule has 0 heterocycles. The quantitative estimate of drug-likeness (QED) is 0.0638. The number of rotatable bonds is 12. The van der Waals surface area contributed by atoms with Crippen LogP contribution in [0, 0.1) is 0 Å². The molecular formula is C16H48MoNO36Si6W6-5. The normalized spacial score (nSPS) is 7.55. The van der Waals surface area contributed by atoms with E-state index in [4.69, 9.17) is 148 Å². The van der Waals surface area contributed by atoms with Crippen LogP contribution in [0.1, 0.15) is 79.1 Å². The minimum absolute atomic E-state index is 0. The van der Waals surface area contributed by atoms with Gasteiger partial charge in [-0.1, -0.05) is 53.4 Å². The van der Waals surface area contributed by atoms with Crippen molar-refractivity contribution >= 4 is 55.0 Å². The van der Waals surface area contributed by atoms with Gasteiger partial charge in [-0.2, -0.15) is 0 Å². The Morgan fingerprint density at radius 2 is 0.379 bits per heavy atom. The number of unbranched alkanes of at least 4 members (excludes halogenated alkanes) is 4. The van der Waals surface area contributed by atoms with Crippen LogP contribution in [0.4, 0.5) is 0 Å². The Bertz CT molecular complexity index is 1230. The van der Waals surface area contributed by atoms with Crippen LogP contribution in [0.2, 0.25) is 0 Å². The second kappa shape index (κ2) is 91.2. The fourth-order valence-electron chi connectivity index (χ4n) is 2.64. The van der Waals surface area contributed by atoms with Crippen molar-refractivity contribution in [2.45, 2.75) is 79.1 Å². The van der Waals surface area contributed by atoms with Crippen molar-refractivity contribution < 1.29 is 279 Å². The van der Waals surface area contributed by atoms with Gasteiger partial charge >= 0.3 is 224 Å². The van der Waals surface area contributed by atoms with Gasteiger partial charge in [-0.05, 0) is 25.7 Å². The first-order valence-electron chi connectivity index (χ1n) is 15.0. The molecule has 0 aliphatic carbocycles. The van der Waals surface area contributed by atoms with E-state index in [9.17, 15) is 0 Å². The van der Waals surface area contributed by atoms with Gasteiger partial charge in [0.1, 0.15) is 0 Å². The van der Waals surface area contributed by atoms with E-state index in [0.717, 1.165) is 0 Å². The fraction of sp³-hybridized carbons (Fsp3) is 1.00. The van der Waals surface area contributed by atoms with Crippen LogP contribution in [0.15, 0.2) is 0 Å². The maximum absolute atomic E-state index is 8.72. The Morgan fingerprint density at radius 1 is 0.318 bits per heavy atom. The number of hydrogen-bond acceptors (Lipinski definition) is 24. The van der Waals surface area contributed by atoms with E-state index in [1.54, 1.807) is 0 Å². The predicted molar refractivity (Wildman–Crippen MR) is 153 cm³/mol. The van der Waals surface area contributed by atoms with E-state index in [2.05, 4.69) is 27.7 Å². The molecule has 0 atom stereocenters. The number of quaternary nitrogens is 1. The van der Waals surface area contributed by atoms with E-state index >= 15 is 0 Å². The van der Waals surface area contributed by atoms with E-state index < -0.39 is 161 Å². The van der Waals surface area contributed by atoms with Crippen LogP contribution < -0.4 is 28.8 Å². The van der Waals surface area contributed by atoms with Crippen molar-refractivity contribution in [3.05, 3.63) is 0 Å². The third-order valence-corrected chi connectivity index (χ3v) is 3.94. The SMILES string of the molecule is CCCC[N+](CCCC)(CCCC)CCCC.O=[Si]([O-])O.O=[Si]([O-])O.O=[Si]([O-])O.O=[Si]([O-])O.O=[Si]([O-])O.O=[Si]([O-])O.[Mo].[O]=[W](=[O])[OH].[O]=[W](=[O])[OH].[O]=[W](=[O])[OH].[O]=[W](=[O])[OH].[O]=[W](=[O])[OH].[O]=[W](=[O])[OH]. The Morgan fingerprint density at radius 3 is 0.424 bits per heavy atom. The zero-order valence-electron chi connectivity index (χ0n) is 34.0. The topological polar surface area (TPSA) is 688 Å². The molecule has 0 aliphatic rings. The zero-order valence-corrected chi connectivity index (χ0v) is 59.6. The van der Waals surface area contributed by atoms with Gasteiger partial charge < -0.3 is 88.8 Å². The van der Waals surface area contributed by atoms with Gasteiger partial charge in [-0.15, -0.1) is 0 Å². The summed E-state index contributed by atoms with van der Waals surface area (Å²) in [6.45, 7) is 15.0. The first-order valence-corrected chi connectivity index (χ1v) is 44.8. The fourth-order valence-corrected chi connectivity index (χ4v) is 2.64. The molecule has 404 valence electrons. The second-order valence-electron chi connectivity index (χ2n) is 8.55. The summed E-state index contributed by atoms with van der Waals surface area (Å²) in [5, 5.41) is 0. The summed E-state index contributed by atoms with van der Waals surface area (Å²) < 4.78 is 201. The molecule has 0 unspecified atom stereocenters. The Balaban J connectivity index is -0.0000000393. The summed E-state index contributed by atoms with van der Waals surface area (Å²) in [6.07, 6.45) is 11.1. The van der Waals surface area contributed by atoms with E-state index in [1.807, 2.05) is 0 Å². The third kappa shape index (κ3) is 640. The van der Waals surface area contributed by atoms with Gasteiger partial charge in [0.15, 0.2) is 0 Å². The Kier molecular flexibility index (Phi) is 142. The summed E-state index contributed by atoms with van der Waals surface area (Å²) >= 11 is -24.2. The van der Waals surface area contributed by atoms with Crippen LogP contribution in [0.5, 0.6) is 0 Å². The van der Waals surface area contributed by atoms with Crippen molar-refractivity contribution in [3.8, 4) is 0 Å². The molecule has 0 aromatic heterocycles. The Hall–Kier alpha value is -0.161. The maximum atomic E-state index is 8.72. The summed E-state index contributed by atoms with van der Waals surface area (Å²) in [5.41, 5.74) is 0. The van der Waals surface area contributed by atoms with Crippen molar-refractivity contribution in [3.63, 3.8) is 0 Å². The molecule has 37 nitrogen and oxygen atoms in total. The first kappa shape index (κ1) is 103. The second-order valence-corrected chi connectivity index (χ2v) is 21.1. The van der Waals surface area contributed by atoms with Crippen molar-refractivity contribution in [1.29, 1.82) is 0 Å². The average Bonchev–Trinajstić information content (AvgIpc) is 3.01. The molecule has 0 aliphatic heterocycles. The van der Waals surface area contributed by atoms with Crippen LogP contribution in [-0.4, -0.2) is 137 Å². The molecule has 0 amide bonds. The van der Waals surface area contributed by atoms with E-state index in [0.29, 0.717) is 0 Å². The standard InChI is InChI=1S/C16H36N.Mo.6HO3Si.6H2O.12O.6W/c1-5-9-13-17(14-10-6-2,15-11-7-3)16-12-8-4;;6*1-4(2)3;;;;;;;;;;;;;;;;;;;;;;;;/h5-16H2,1-4H3;;6*1H;6*1H2;;;;;;;;;;;;;;;;;;/q+1;;6*-1;;;;;;;;;;;;;;;;;;;6*+1/p-6. The molecular weight excluding hydrogens is 2150 g/mol. The molecule has 0 aromatic rings. The van der Waals surface area contributed by atoms with Gasteiger partial charge in [0, 0.05) is 21.1 Å². The summed E-state index contributed by atoms with van der Waals surface area (Å²) in [6, 6.07) is 0. The van der Waals surface area contributed by atoms with Crippen LogP contribution in [0.25, 0.3) is 0 Å². The average molecular weight is 2200 g/mol. The third-order valence-electron chi connectivity index (χ3n) is 3.94. The van der Waals surface area contributed by atoms with Crippen LogP contribution in [0.3, 0.4) is 0 Å². The van der Waals surface area contributed by atoms with Gasteiger partial charge in [-0.3, -0.25) is 0 Å². The molecule has 0 aromatic carbocycles. The number of nitrogens with zero attached hydrogens (tertiary/aromatic N) is 1. The molecule has 0 radical (unpaired) electrons. The summed E-state index contributed by atoms with van der Waals surface area (Å²) in [4.78, 5) is 94.1.